The van der Waals surface area contributed by atoms with Crippen LogP contribution >= 0.6 is 0 Å². The first-order valence-corrected chi connectivity index (χ1v) is 4.51. The molecule has 0 rings (SSSR count). The summed E-state index contributed by atoms with van der Waals surface area (Å²) < 4.78 is 5.12. The summed E-state index contributed by atoms with van der Waals surface area (Å²) in [6.07, 6.45) is 1.85. The molecule has 13 heavy (non-hydrogen) atoms. The molecule has 0 aliphatic heterocycles. The largest absolute Gasteiger partial charge is 0.547 e. The zero-order valence-electron chi connectivity index (χ0n) is 8.29. The molecule has 1 unspecified atom stereocenters. The Morgan fingerprint density at radius 2 is 2.23 bits per heavy atom. The highest BCUT2D eigenvalue weighted by Gasteiger charge is 2.07. The predicted molar refractivity (Wildman–Crippen MR) is 49.0 cm³/mol. The number of carboxylic acid groups (broad SMARTS) is 1. The van der Waals surface area contributed by atoms with Gasteiger partial charge in [0.1, 0.15) is 6.10 Å². The van der Waals surface area contributed by atoms with Crippen LogP contribution in [0.15, 0.2) is 12.7 Å². The summed E-state index contributed by atoms with van der Waals surface area (Å²) in [6, 6.07) is 0. The van der Waals surface area contributed by atoms with E-state index in [4.69, 9.17) is 4.74 Å². The van der Waals surface area contributed by atoms with Gasteiger partial charge in [-0.3, -0.25) is 0 Å². The third-order valence-corrected chi connectivity index (χ3v) is 1.66. The zero-order valence-corrected chi connectivity index (χ0v) is 8.29. The Morgan fingerprint density at radius 3 is 2.62 bits per heavy atom. The van der Waals surface area contributed by atoms with Crippen LogP contribution in [0.3, 0.4) is 0 Å². The summed E-state index contributed by atoms with van der Waals surface area (Å²) in [5.41, 5.74) is 0. The second-order valence-electron chi connectivity index (χ2n) is 3.39. The van der Waals surface area contributed by atoms with Gasteiger partial charge in [-0.15, -0.1) is 6.58 Å². The lowest BCUT2D eigenvalue weighted by atomic mass is 10.1. The van der Waals surface area contributed by atoms with Crippen LogP contribution in [-0.4, -0.2) is 18.7 Å². The van der Waals surface area contributed by atoms with Crippen molar-refractivity contribution in [2.45, 2.75) is 32.8 Å². The van der Waals surface area contributed by atoms with Crippen LogP contribution < -0.4 is 5.11 Å². The molecule has 0 radical (unpaired) electrons. The molecule has 0 aromatic carbocycles. The van der Waals surface area contributed by atoms with Gasteiger partial charge in [0.2, 0.25) is 0 Å². The third kappa shape index (κ3) is 6.34. The molecule has 0 heterocycles. The molecule has 0 saturated heterocycles. The molecule has 1 atom stereocenters. The van der Waals surface area contributed by atoms with Crippen molar-refractivity contribution in [1.29, 1.82) is 0 Å². The molecule has 0 fully saturated rings. The Balaban J connectivity index is 3.69. The molecule has 0 aliphatic carbocycles. The van der Waals surface area contributed by atoms with Crippen molar-refractivity contribution in [3.05, 3.63) is 12.7 Å². The Hall–Kier alpha value is -0.830. The maximum atomic E-state index is 10.5. The van der Waals surface area contributed by atoms with Crippen LogP contribution in [0.25, 0.3) is 0 Å². The number of carbonyl (C=O) groups is 1. The average molecular weight is 185 g/mol. The van der Waals surface area contributed by atoms with E-state index in [0.29, 0.717) is 18.9 Å². The third-order valence-electron chi connectivity index (χ3n) is 1.66. The van der Waals surface area contributed by atoms with Gasteiger partial charge in [-0.25, -0.2) is 0 Å². The van der Waals surface area contributed by atoms with Gasteiger partial charge < -0.3 is 14.6 Å². The maximum absolute atomic E-state index is 10.5. The second kappa shape index (κ2) is 6.66. The van der Waals surface area contributed by atoms with Crippen LogP contribution in [0.4, 0.5) is 0 Å². The first-order valence-electron chi connectivity index (χ1n) is 4.51. The van der Waals surface area contributed by atoms with Crippen LogP contribution in [0, 0.1) is 5.92 Å². The first kappa shape index (κ1) is 12.2. The number of ether oxygens (including phenoxy) is 1. The van der Waals surface area contributed by atoms with E-state index in [1.807, 2.05) is 0 Å². The van der Waals surface area contributed by atoms with E-state index in [9.17, 15) is 9.90 Å². The SMILES string of the molecule is C=CCC(OCCC(C)C)C(=O)[O-]. The van der Waals surface area contributed by atoms with Crippen molar-refractivity contribution in [2.24, 2.45) is 5.92 Å². The lowest BCUT2D eigenvalue weighted by Gasteiger charge is -2.17. The fourth-order valence-corrected chi connectivity index (χ4v) is 0.830. The molecular formula is C10H17O3-. The molecule has 0 aromatic rings. The van der Waals surface area contributed by atoms with Crippen molar-refractivity contribution < 1.29 is 14.6 Å². The van der Waals surface area contributed by atoms with Crippen molar-refractivity contribution in [1.82, 2.24) is 0 Å². The fourth-order valence-electron chi connectivity index (χ4n) is 0.830. The highest BCUT2D eigenvalue weighted by atomic mass is 16.5. The van der Waals surface area contributed by atoms with E-state index in [-0.39, 0.29) is 0 Å². The molecule has 3 nitrogen and oxygen atoms in total. The summed E-state index contributed by atoms with van der Waals surface area (Å²) >= 11 is 0. The van der Waals surface area contributed by atoms with Gasteiger partial charge in [0.05, 0.1) is 5.97 Å². The quantitative estimate of drug-likeness (QED) is 0.550. The van der Waals surface area contributed by atoms with Crippen LogP contribution in [0.2, 0.25) is 0 Å². The fraction of sp³-hybridized carbons (Fsp3) is 0.700. The highest BCUT2D eigenvalue weighted by molar-refractivity contribution is 5.70. The molecule has 0 N–H and O–H groups in total. The molecule has 0 aliphatic rings. The van der Waals surface area contributed by atoms with Crippen LogP contribution in [0.5, 0.6) is 0 Å². The standard InChI is InChI=1S/C10H18O3/c1-4-5-9(10(11)12)13-7-6-8(2)3/h4,8-9H,1,5-7H2,2-3H3,(H,11,12)/p-1. The average Bonchev–Trinajstić information content (AvgIpc) is 2.02. The number of rotatable bonds is 7. The Morgan fingerprint density at radius 1 is 1.62 bits per heavy atom. The van der Waals surface area contributed by atoms with E-state index < -0.39 is 12.1 Å². The number of carbonyl (C=O) groups excluding carboxylic acids is 1. The first-order chi connectivity index (χ1) is 6.07. The smallest absolute Gasteiger partial charge is 0.100 e. The summed E-state index contributed by atoms with van der Waals surface area (Å²) in [5, 5.41) is 10.5. The minimum Gasteiger partial charge on any atom is -0.547 e. The molecule has 76 valence electrons. The van der Waals surface area contributed by atoms with Gasteiger partial charge in [-0.2, -0.15) is 0 Å². The minimum absolute atomic E-state index is 0.306. The normalized spacial score (nSPS) is 12.8. The number of hydrogen-bond acceptors (Lipinski definition) is 3. The highest BCUT2D eigenvalue weighted by Crippen LogP contribution is 2.03. The number of aliphatic carboxylic acids is 1. The van der Waals surface area contributed by atoms with Gasteiger partial charge in [-0.1, -0.05) is 19.9 Å². The molecule has 0 spiro atoms. The molecular weight excluding hydrogens is 168 g/mol. The van der Waals surface area contributed by atoms with E-state index >= 15 is 0 Å². The monoisotopic (exact) mass is 185 g/mol. The Bertz CT molecular complexity index is 164. The summed E-state index contributed by atoms with van der Waals surface area (Å²) in [4.78, 5) is 10.5. The van der Waals surface area contributed by atoms with Crippen molar-refractivity contribution in [2.75, 3.05) is 6.61 Å². The summed E-state index contributed by atoms with van der Waals surface area (Å²) in [7, 11) is 0. The van der Waals surface area contributed by atoms with E-state index in [1.54, 1.807) is 0 Å². The van der Waals surface area contributed by atoms with Crippen molar-refractivity contribution >= 4 is 5.97 Å². The van der Waals surface area contributed by atoms with Crippen molar-refractivity contribution in [3.8, 4) is 0 Å². The minimum atomic E-state index is -1.16. The van der Waals surface area contributed by atoms with E-state index in [2.05, 4.69) is 20.4 Å². The van der Waals surface area contributed by atoms with Crippen molar-refractivity contribution in [3.63, 3.8) is 0 Å². The molecule has 0 bridgehead atoms. The number of carboxylic acids is 1. The van der Waals surface area contributed by atoms with Gasteiger partial charge in [0, 0.05) is 6.61 Å². The van der Waals surface area contributed by atoms with Gasteiger partial charge in [0.15, 0.2) is 0 Å². The molecule has 0 amide bonds. The Kier molecular flexibility index (Phi) is 6.24. The van der Waals surface area contributed by atoms with Gasteiger partial charge in [-0.05, 0) is 18.8 Å². The number of hydrogen-bond donors (Lipinski definition) is 0. The molecule has 0 saturated carbocycles. The van der Waals surface area contributed by atoms with Crippen LogP contribution in [0.1, 0.15) is 26.7 Å². The zero-order chi connectivity index (χ0) is 10.3. The molecule has 0 aromatic heterocycles. The van der Waals surface area contributed by atoms with Crippen LogP contribution in [-0.2, 0) is 9.53 Å². The summed E-state index contributed by atoms with van der Waals surface area (Å²) in [6.45, 7) is 8.04. The predicted octanol–water partition coefficient (Wildman–Crippen LogP) is 0.744. The lowest BCUT2D eigenvalue weighted by Crippen LogP contribution is -2.37. The maximum Gasteiger partial charge on any atom is 0.100 e. The van der Waals surface area contributed by atoms with E-state index in [0.717, 1.165) is 6.42 Å². The summed E-state index contributed by atoms with van der Waals surface area (Å²) in [5.74, 6) is -0.644. The molecule has 3 heteroatoms. The Labute approximate surface area is 79.4 Å². The lowest BCUT2D eigenvalue weighted by molar-refractivity contribution is -0.316. The van der Waals surface area contributed by atoms with Gasteiger partial charge >= 0.3 is 0 Å². The van der Waals surface area contributed by atoms with E-state index in [1.165, 1.54) is 6.08 Å². The topological polar surface area (TPSA) is 49.4 Å². The van der Waals surface area contributed by atoms with Gasteiger partial charge in [0.25, 0.3) is 0 Å². The second-order valence-corrected chi connectivity index (χ2v) is 3.39.